The van der Waals surface area contributed by atoms with Crippen LogP contribution in [0.2, 0.25) is 0 Å². The molecule has 0 bridgehead atoms. The van der Waals surface area contributed by atoms with Crippen molar-refractivity contribution in [2.24, 2.45) is 0 Å². The first-order chi connectivity index (χ1) is 20.6. The van der Waals surface area contributed by atoms with Crippen LogP contribution in [0.5, 0.6) is 5.75 Å². The molecular formula is C29H22N4O9S. The third-order valence-corrected chi connectivity index (χ3v) is 8.79. The van der Waals surface area contributed by atoms with E-state index in [1.165, 1.54) is 24.3 Å². The van der Waals surface area contributed by atoms with Crippen LogP contribution in [0.15, 0.2) is 77.7 Å². The highest BCUT2D eigenvalue weighted by Crippen LogP contribution is 2.41. The molecular weight excluding hydrogens is 580 g/mol. The molecule has 4 aromatic rings. The molecule has 0 saturated carbocycles. The fraction of sp³-hybridized carbons (Fsp3) is 0.172. The van der Waals surface area contributed by atoms with Crippen LogP contribution in [0.1, 0.15) is 40.0 Å². The predicted octanol–water partition coefficient (Wildman–Crippen LogP) is 5.21. The third-order valence-electron chi connectivity index (χ3n) is 7.51. The molecule has 0 spiro atoms. The van der Waals surface area contributed by atoms with Crippen LogP contribution < -0.4 is 14.0 Å². The molecule has 0 atom stereocenters. The summed E-state index contributed by atoms with van der Waals surface area (Å²) in [7, 11) is -4.97. The summed E-state index contributed by atoms with van der Waals surface area (Å²) < 4.78 is 31.8. The molecule has 0 unspecified atom stereocenters. The highest BCUT2D eigenvalue weighted by molar-refractivity contribution is 7.87. The summed E-state index contributed by atoms with van der Waals surface area (Å²) in [4.78, 5) is 50.5. The monoisotopic (exact) mass is 602 g/mol. The van der Waals surface area contributed by atoms with Gasteiger partial charge in [0.2, 0.25) is 0 Å². The number of hydrogen-bond acceptors (Lipinski definition) is 10. The number of carbonyl (C=O) groups excluding carboxylic acids is 2. The maximum Gasteiger partial charge on any atom is 0.346 e. The minimum absolute atomic E-state index is 0.201. The van der Waals surface area contributed by atoms with E-state index in [2.05, 4.69) is 4.90 Å². The third kappa shape index (κ3) is 4.70. The molecule has 1 saturated heterocycles. The fourth-order valence-corrected chi connectivity index (χ4v) is 6.65. The number of amides is 2. The van der Waals surface area contributed by atoms with Crippen LogP contribution in [-0.2, 0) is 10.1 Å². The predicted molar refractivity (Wildman–Crippen MR) is 155 cm³/mol. The van der Waals surface area contributed by atoms with Crippen molar-refractivity contribution in [1.29, 1.82) is 0 Å². The molecule has 2 heterocycles. The number of piperidine rings is 1. The maximum absolute atomic E-state index is 13.9. The van der Waals surface area contributed by atoms with Gasteiger partial charge >= 0.3 is 10.1 Å². The number of benzene rings is 4. The number of rotatable bonds is 7. The van der Waals surface area contributed by atoms with Gasteiger partial charge < -0.3 is 9.08 Å². The molecule has 0 aromatic heterocycles. The van der Waals surface area contributed by atoms with E-state index in [9.17, 15) is 38.2 Å². The molecule has 0 aliphatic carbocycles. The van der Waals surface area contributed by atoms with Crippen molar-refractivity contribution >= 4 is 55.5 Å². The van der Waals surface area contributed by atoms with Gasteiger partial charge in [-0.15, -0.1) is 0 Å². The van der Waals surface area contributed by atoms with Crippen molar-refractivity contribution in [2.45, 2.75) is 24.2 Å². The highest BCUT2D eigenvalue weighted by atomic mass is 32.2. The minimum atomic E-state index is -4.97. The molecule has 6 rings (SSSR count). The Morgan fingerprint density at radius 2 is 1.44 bits per heavy atom. The van der Waals surface area contributed by atoms with E-state index in [-0.39, 0.29) is 16.8 Å². The van der Waals surface area contributed by atoms with E-state index in [1.54, 1.807) is 18.2 Å². The lowest BCUT2D eigenvalue weighted by molar-refractivity contribution is -0.396. The normalized spacial score (nSPS) is 15.1. The Morgan fingerprint density at radius 3 is 2.14 bits per heavy atom. The second-order valence-electron chi connectivity index (χ2n) is 10.0. The van der Waals surface area contributed by atoms with Crippen LogP contribution in [0.25, 0.3) is 10.8 Å². The molecule has 2 aliphatic heterocycles. The van der Waals surface area contributed by atoms with E-state index in [4.69, 9.17) is 4.18 Å². The number of nitro benzene ring substituents is 2. The van der Waals surface area contributed by atoms with Crippen LogP contribution >= 0.6 is 0 Å². The maximum atomic E-state index is 13.9. The molecule has 218 valence electrons. The largest absolute Gasteiger partial charge is 0.377 e. The van der Waals surface area contributed by atoms with Crippen molar-refractivity contribution < 1.29 is 32.0 Å². The zero-order chi connectivity index (χ0) is 30.5. The van der Waals surface area contributed by atoms with Crippen LogP contribution in [0.3, 0.4) is 0 Å². The molecule has 1 fully saturated rings. The van der Waals surface area contributed by atoms with Crippen molar-refractivity contribution in [3.05, 3.63) is 104 Å². The Bertz CT molecular complexity index is 1950. The first kappa shape index (κ1) is 27.8. The van der Waals surface area contributed by atoms with Crippen LogP contribution in [0, 0.1) is 20.2 Å². The summed E-state index contributed by atoms with van der Waals surface area (Å²) in [5.41, 5.74) is -0.541. The summed E-state index contributed by atoms with van der Waals surface area (Å²) in [6.07, 6.45) is 3.22. The minimum Gasteiger partial charge on any atom is -0.377 e. The van der Waals surface area contributed by atoms with Gasteiger partial charge in [-0.3, -0.25) is 29.8 Å². The Labute approximate surface area is 244 Å². The van der Waals surface area contributed by atoms with Crippen molar-refractivity contribution in [2.75, 3.05) is 22.9 Å². The zero-order valence-electron chi connectivity index (χ0n) is 22.3. The second-order valence-corrected chi connectivity index (χ2v) is 11.5. The van der Waals surface area contributed by atoms with Crippen molar-refractivity contribution in [1.82, 2.24) is 0 Å². The molecule has 2 amide bonds. The number of imide groups is 1. The Balaban J connectivity index is 1.41. The Kier molecular flexibility index (Phi) is 6.77. The van der Waals surface area contributed by atoms with Gasteiger partial charge in [-0.2, -0.15) is 8.42 Å². The van der Waals surface area contributed by atoms with Gasteiger partial charge in [0, 0.05) is 46.7 Å². The first-order valence-corrected chi connectivity index (χ1v) is 14.6. The molecule has 2 aliphatic rings. The SMILES string of the molecule is O=C1c2cccc3c(N4CCCCC4)ccc(c23)C(=O)N1c1ccccc1OS(=O)(=O)c1ccc([N+](=O)[O-])cc1[N+](=O)[O-]. The molecule has 0 radical (unpaired) electrons. The number of anilines is 2. The number of non-ortho nitro benzene ring substituents is 1. The van der Waals surface area contributed by atoms with Gasteiger partial charge in [0.15, 0.2) is 10.6 Å². The molecule has 0 N–H and O–H groups in total. The van der Waals surface area contributed by atoms with E-state index in [0.29, 0.717) is 17.5 Å². The molecule has 43 heavy (non-hydrogen) atoms. The number of para-hydroxylation sites is 2. The van der Waals surface area contributed by atoms with E-state index in [0.717, 1.165) is 54.4 Å². The first-order valence-electron chi connectivity index (χ1n) is 13.2. The lowest BCUT2D eigenvalue weighted by Gasteiger charge is -2.32. The second kappa shape index (κ2) is 10.5. The number of hydrogen-bond donors (Lipinski definition) is 0. The molecule has 14 heteroatoms. The number of carbonyl (C=O) groups is 2. The fourth-order valence-electron chi connectivity index (χ4n) is 5.56. The van der Waals surface area contributed by atoms with E-state index < -0.39 is 53.8 Å². The summed E-state index contributed by atoms with van der Waals surface area (Å²) >= 11 is 0. The van der Waals surface area contributed by atoms with Gasteiger partial charge in [0.25, 0.3) is 23.2 Å². The topological polar surface area (TPSA) is 170 Å². The van der Waals surface area contributed by atoms with Gasteiger partial charge in [-0.05, 0) is 55.7 Å². The van der Waals surface area contributed by atoms with Crippen molar-refractivity contribution in [3.8, 4) is 5.75 Å². The summed E-state index contributed by atoms with van der Waals surface area (Å²) in [6, 6.07) is 16.1. The molecule has 13 nitrogen and oxygen atoms in total. The van der Waals surface area contributed by atoms with Crippen molar-refractivity contribution in [3.63, 3.8) is 0 Å². The van der Waals surface area contributed by atoms with Gasteiger partial charge in [0.1, 0.15) is 0 Å². The smallest absolute Gasteiger partial charge is 0.346 e. The summed E-state index contributed by atoms with van der Waals surface area (Å²) in [5.74, 6) is -1.85. The van der Waals surface area contributed by atoms with Crippen LogP contribution in [-0.4, -0.2) is 43.2 Å². The Hall–Kier alpha value is -5.37. The zero-order valence-corrected chi connectivity index (χ0v) is 23.2. The number of nitrogens with zero attached hydrogens (tertiary/aromatic N) is 4. The molecule has 4 aromatic carbocycles. The summed E-state index contributed by atoms with van der Waals surface area (Å²) in [5, 5.41) is 23.9. The standard InChI is InChI=1S/C29H22N4O9S/c34-28-20-8-6-7-19-22(30-15-4-1-5-16-30)13-12-21(27(19)20)29(35)31(28)23-9-2-3-10-25(23)42-43(40,41)26-14-11-18(32(36)37)17-24(26)33(38)39/h2-3,6-14,17H,1,4-5,15-16H2. The lowest BCUT2D eigenvalue weighted by Crippen LogP contribution is -2.41. The van der Waals surface area contributed by atoms with Gasteiger partial charge in [-0.1, -0.05) is 24.3 Å². The van der Waals surface area contributed by atoms with Gasteiger partial charge in [0.05, 0.1) is 21.6 Å². The average Bonchev–Trinajstić information content (AvgIpc) is 3.00. The Morgan fingerprint density at radius 1 is 0.744 bits per heavy atom. The van der Waals surface area contributed by atoms with E-state index >= 15 is 0 Å². The summed E-state index contributed by atoms with van der Waals surface area (Å²) in [6.45, 7) is 1.72. The lowest BCUT2D eigenvalue weighted by atomic mass is 9.92. The van der Waals surface area contributed by atoms with E-state index in [1.807, 2.05) is 12.1 Å². The highest BCUT2D eigenvalue weighted by Gasteiger charge is 2.38. The number of nitro groups is 2. The van der Waals surface area contributed by atoms with Crippen LogP contribution in [0.4, 0.5) is 22.7 Å². The van der Waals surface area contributed by atoms with Gasteiger partial charge in [-0.25, -0.2) is 4.90 Å². The average molecular weight is 603 g/mol. The quantitative estimate of drug-likeness (QED) is 0.118.